The zero-order valence-corrected chi connectivity index (χ0v) is 17.7. The van der Waals surface area contributed by atoms with E-state index in [4.69, 9.17) is 28.6 Å². The number of para-hydroxylation sites is 1. The first kappa shape index (κ1) is 19.2. The van der Waals surface area contributed by atoms with Gasteiger partial charge in [-0.15, -0.1) is 11.8 Å². The summed E-state index contributed by atoms with van der Waals surface area (Å²) in [6, 6.07) is 14.2. The van der Waals surface area contributed by atoms with Gasteiger partial charge in [0.2, 0.25) is 9.64 Å². The Labute approximate surface area is 185 Å². The molecule has 1 atom stereocenters. The molecule has 3 aromatic rings. The first-order chi connectivity index (χ1) is 14.5. The summed E-state index contributed by atoms with van der Waals surface area (Å²) < 4.78 is 7.44. The minimum atomic E-state index is -1.26. The zero-order valence-electron chi connectivity index (χ0n) is 15.3. The largest absolute Gasteiger partial charge is 0.486 e. The maximum atomic E-state index is 13.1. The van der Waals surface area contributed by atoms with E-state index in [9.17, 15) is 9.59 Å². The van der Waals surface area contributed by atoms with Crippen molar-refractivity contribution in [3.05, 3.63) is 69.7 Å². The molecule has 0 saturated carbocycles. The predicted molar refractivity (Wildman–Crippen MR) is 116 cm³/mol. The summed E-state index contributed by atoms with van der Waals surface area (Å²) in [4.78, 5) is 24.8. The number of thioether (sulfide) groups is 1. The fourth-order valence-electron chi connectivity index (χ4n) is 3.59. The van der Waals surface area contributed by atoms with Gasteiger partial charge in [-0.3, -0.25) is 14.7 Å². The Balaban J connectivity index is 1.56. The SMILES string of the molecule is O=C1CSC2(C(=O)Nc3ccccc32)N1n1c(COc2ccc(Cl)cc2)n[nH]c1=S. The van der Waals surface area contributed by atoms with Crippen molar-refractivity contribution >= 4 is 53.1 Å². The number of nitrogens with zero attached hydrogens (tertiary/aromatic N) is 3. The van der Waals surface area contributed by atoms with E-state index in [1.165, 1.54) is 21.4 Å². The molecule has 8 nitrogen and oxygen atoms in total. The number of hydrogen-bond donors (Lipinski definition) is 2. The molecular formula is C19H14ClN5O3S2. The normalized spacial score (nSPS) is 20.0. The van der Waals surface area contributed by atoms with Gasteiger partial charge in [0.15, 0.2) is 5.82 Å². The monoisotopic (exact) mass is 459 g/mol. The molecule has 5 rings (SSSR count). The van der Waals surface area contributed by atoms with E-state index in [1.807, 2.05) is 24.3 Å². The molecule has 2 amide bonds. The van der Waals surface area contributed by atoms with Crippen molar-refractivity contribution in [3.63, 3.8) is 0 Å². The Bertz CT molecular complexity index is 1230. The third-order valence-electron chi connectivity index (χ3n) is 4.89. The fraction of sp³-hybridized carbons (Fsp3) is 0.158. The Morgan fingerprint density at radius 2 is 1.97 bits per heavy atom. The van der Waals surface area contributed by atoms with E-state index in [0.29, 0.717) is 27.8 Å². The van der Waals surface area contributed by atoms with Gasteiger partial charge >= 0.3 is 0 Å². The maximum absolute atomic E-state index is 13.1. The van der Waals surface area contributed by atoms with Gasteiger partial charge in [-0.25, -0.2) is 9.69 Å². The number of carbonyl (C=O) groups excluding carboxylic acids is 2. The third kappa shape index (κ3) is 2.83. The maximum Gasteiger partial charge on any atom is 0.267 e. The molecule has 1 saturated heterocycles. The molecule has 2 N–H and O–H groups in total. The predicted octanol–water partition coefficient (Wildman–Crippen LogP) is 3.19. The molecule has 0 bridgehead atoms. The van der Waals surface area contributed by atoms with Gasteiger partial charge in [0.1, 0.15) is 12.4 Å². The summed E-state index contributed by atoms with van der Waals surface area (Å²) in [7, 11) is 0. The number of halogens is 1. The van der Waals surface area contributed by atoms with E-state index < -0.39 is 4.87 Å². The summed E-state index contributed by atoms with van der Waals surface area (Å²) in [5, 5.41) is 11.8. The number of benzene rings is 2. The van der Waals surface area contributed by atoms with Crippen LogP contribution in [0.25, 0.3) is 0 Å². The standard InChI is InChI=1S/C19H14ClN5O3S2/c20-11-5-7-12(8-6-11)28-9-15-22-23-18(29)24(15)25-16(26)10-30-19(25)13-3-1-2-4-14(13)21-17(19)27/h1-8H,9-10H2,(H,21,27)(H,23,29). The third-order valence-corrected chi connectivity index (χ3v) is 6.79. The quantitative estimate of drug-likeness (QED) is 0.582. The van der Waals surface area contributed by atoms with Crippen molar-refractivity contribution in [2.75, 3.05) is 16.1 Å². The highest BCUT2D eigenvalue weighted by atomic mass is 35.5. The highest BCUT2D eigenvalue weighted by Gasteiger charge is 2.59. The molecule has 11 heteroatoms. The first-order valence-electron chi connectivity index (χ1n) is 8.93. The number of rotatable bonds is 4. The molecule has 30 heavy (non-hydrogen) atoms. The first-order valence-corrected chi connectivity index (χ1v) is 10.7. The second-order valence-corrected chi connectivity index (χ2v) is 8.63. The van der Waals surface area contributed by atoms with Gasteiger partial charge in [-0.2, -0.15) is 5.10 Å². The molecule has 1 fully saturated rings. The number of nitrogens with one attached hydrogen (secondary N) is 2. The highest BCUT2D eigenvalue weighted by Crippen LogP contribution is 2.51. The van der Waals surface area contributed by atoms with Crippen LogP contribution in [-0.2, 0) is 21.1 Å². The lowest BCUT2D eigenvalue weighted by atomic mass is 10.1. The van der Waals surface area contributed by atoms with Crippen molar-refractivity contribution in [2.45, 2.75) is 11.5 Å². The number of ether oxygens (including phenoxy) is 1. The minimum absolute atomic E-state index is 0.0303. The number of aromatic amines is 1. The molecular weight excluding hydrogens is 446 g/mol. The number of amides is 2. The van der Waals surface area contributed by atoms with Gasteiger partial charge < -0.3 is 10.1 Å². The topological polar surface area (TPSA) is 92.2 Å². The van der Waals surface area contributed by atoms with Crippen molar-refractivity contribution in [2.24, 2.45) is 0 Å². The van der Waals surface area contributed by atoms with Crippen LogP contribution in [0.2, 0.25) is 5.02 Å². The van der Waals surface area contributed by atoms with E-state index in [2.05, 4.69) is 15.5 Å². The molecule has 3 heterocycles. The summed E-state index contributed by atoms with van der Waals surface area (Å²) in [6.07, 6.45) is 0. The fourth-order valence-corrected chi connectivity index (χ4v) is 5.22. The Hall–Kier alpha value is -2.82. The molecule has 1 spiro atoms. The summed E-state index contributed by atoms with van der Waals surface area (Å²) in [5.74, 6) is 0.527. The van der Waals surface area contributed by atoms with Crippen molar-refractivity contribution in [1.29, 1.82) is 0 Å². The number of aromatic nitrogens is 3. The number of H-pyrrole nitrogens is 1. The molecule has 2 aliphatic heterocycles. The van der Waals surface area contributed by atoms with Crippen LogP contribution < -0.4 is 15.1 Å². The van der Waals surface area contributed by atoms with Crippen LogP contribution in [0.1, 0.15) is 11.4 Å². The summed E-state index contributed by atoms with van der Waals surface area (Å²) in [6.45, 7) is 0.0303. The Morgan fingerprint density at radius 3 is 2.77 bits per heavy atom. The van der Waals surface area contributed by atoms with Crippen LogP contribution in [-0.4, -0.2) is 32.4 Å². The molecule has 2 aliphatic rings. The van der Waals surface area contributed by atoms with Gasteiger partial charge in [-0.05, 0) is 42.5 Å². The van der Waals surface area contributed by atoms with Crippen LogP contribution in [0.3, 0.4) is 0 Å². The van der Waals surface area contributed by atoms with Crippen LogP contribution in [0.4, 0.5) is 5.69 Å². The molecule has 0 aliphatic carbocycles. The number of hydrogen-bond acceptors (Lipinski definition) is 6. The second-order valence-electron chi connectivity index (χ2n) is 6.64. The molecule has 2 aromatic carbocycles. The van der Waals surface area contributed by atoms with Crippen LogP contribution in [0.15, 0.2) is 48.5 Å². The average Bonchev–Trinajstić information content (AvgIpc) is 3.36. The second kappa shape index (κ2) is 7.15. The number of fused-ring (bicyclic) bond motifs is 2. The van der Waals surface area contributed by atoms with Gasteiger partial charge in [0.25, 0.3) is 11.8 Å². The lowest BCUT2D eigenvalue weighted by molar-refractivity contribution is -0.123. The van der Waals surface area contributed by atoms with E-state index in [1.54, 1.807) is 24.3 Å². The average molecular weight is 460 g/mol. The lowest BCUT2D eigenvalue weighted by Gasteiger charge is -2.32. The number of carbonyl (C=O) groups is 2. The van der Waals surface area contributed by atoms with Gasteiger partial charge in [-0.1, -0.05) is 29.8 Å². The van der Waals surface area contributed by atoms with Crippen molar-refractivity contribution < 1.29 is 14.3 Å². The zero-order chi connectivity index (χ0) is 20.9. The van der Waals surface area contributed by atoms with Crippen molar-refractivity contribution in [3.8, 4) is 5.75 Å². The molecule has 0 radical (unpaired) electrons. The summed E-state index contributed by atoms with van der Waals surface area (Å²) in [5.41, 5.74) is 1.38. The highest BCUT2D eigenvalue weighted by molar-refractivity contribution is 8.02. The van der Waals surface area contributed by atoms with Gasteiger partial charge in [0, 0.05) is 16.3 Å². The minimum Gasteiger partial charge on any atom is -0.486 e. The van der Waals surface area contributed by atoms with Gasteiger partial charge in [0.05, 0.1) is 5.75 Å². The van der Waals surface area contributed by atoms with Crippen LogP contribution >= 0.6 is 35.6 Å². The van der Waals surface area contributed by atoms with Crippen LogP contribution in [0.5, 0.6) is 5.75 Å². The van der Waals surface area contributed by atoms with Crippen molar-refractivity contribution in [1.82, 2.24) is 14.9 Å². The smallest absolute Gasteiger partial charge is 0.267 e. The van der Waals surface area contributed by atoms with E-state index in [-0.39, 0.29) is 28.9 Å². The van der Waals surface area contributed by atoms with Crippen LogP contribution in [0, 0.1) is 4.77 Å². The molecule has 1 unspecified atom stereocenters. The Morgan fingerprint density at radius 1 is 1.20 bits per heavy atom. The Kier molecular flexibility index (Phi) is 4.57. The molecule has 1 aromatic heterocycles. The van der Waals surface area contributed by atoms with E-state index >= 15 is 0 Å². The van der Waals surface area contributed by atoms with E-state index in [0.717, 1.165) is 0 Å². The lowest BCUT2D eigenvalue weighted by Crippen LogP contribution is -2.54. The number of anilines is 1. The summed E-state index contributed by atoms with van der Waals surface area (Å²) >= 11 is 12.6. The molecule has 152 valence electrons.